The second-order valence-corrected chi connectivity index (χ2v) is 10.4. The second-order valence-electron chi connectivity index (χ2n) is 8.38. The third-order valence-electron chi connectivity index (χ3n) is 5.74. The first-order valence-electron chi connectivity index (χ1n) is 11.1. The maximum absolute atomic E-state index is 13.4. The van der Waals surface area contributed by atoms with Crippen LogP contribution in [0.4, 0.5) is 13.2 Å². The van der Waals surface area contributed by atoms with Gasteiger partial charge < -0.3 is 10.1 Å². The van der Waals surface area contributed by atoms with Gasteiger partial charge in [0.2, 0.25) is 5.90 Å². The van der Waals surface area contributed by atoms with Crippen LogP contribution in [0.5, 0.6) is 0 Å². The minimum atomic E-state index is -4.63. The summed E-state index contributed by atoms with van der Waals surface area (Å²) in [6.45, 7) is 2.17. The molecule has 1 aliphatic rings. The number of hydrogen-bond acceptors (Lipinski definition) is 6. The maximum atomic E-state index is 13.4. The molecule has 0 fully saturated rings. The summed E-state index contributed by atoms with van der Waals surface area (Å²) in [7, 11) is -3.38. The van der Waals surface area contributed by atoms with Gasteiger partial charge >= 0.3 is 6.18 Å². The van der Waals surface area contributed by atoms with Gasteiger partial charge in [-0.3, -0.25) is 14.2 Å². The van der Waals surface area contributed by atoms with E-state index in [1.165, 1.54) is 49.4 Å². The molecule has 0 radical (unpaired) electrons. The highest BCUT2D eigenvalue weighted by Gasteiger charge is 2.31. The highest BCUT2D eigenvalue weighted by atomic mass is 32.2. The lowest BCUT2D eigenvalue weighted by atomic mass is 10.1. The summed E-state index contributed by atoms with van der Waals surface area (Å²) < 4.78 is 69.8. The molecule has 0 atom stereocenters. The fourth-order valence-electron chi connectivity index (χ4n) is 3.85. The number of carbonyl (C=O) groups is 1. The minimum absolute atomic E-state index is 0.0213. The Morgan fingerprint density at radius 3 is 2.43 bits per heavy atom. The van der Waals surface area contributed by atoms with Crippen molar-refractivity contribution in [1.29, 1.82) is 0 Å². The molecule has 1 aliphatic heterocycles. The van der Waals surface area contributed by atoms with Gasteiger partial charge in [0.1, 0.15) is 12.2 Å². The van der Waals surface area contributed by atoms with Crippen LogP contribution in [0.15, 0.2) is 69.3 Å². The van der Waals surface area contributed by atoms with E-state index in [1.807, 2.05) is 0 Å². The van der Waals surface area contributed by atoms with Gasteiger partial charge in [-0.25, -0.2) is 13.4 Å². The lowest BCUT2D eigenvalue weighted by Crippen LogP contribution is -2.34. The van der Waals surface area contributed by atoms with Crippen LogP contribution >= 0.6 is 0 Å². The van der Waals surface area contributed by atoms with Crippen molar-refractivity contribution < 1.29 is 31.1 Å². The van der Waals surface area contributed by atoms with Crippen molar-refractivity contribution in [3.63, 3.8) is 0 Å². The van der Waals surface area contributed by atoms with Crippen molar-refractivity contribution in [2.75, 3.05) is 19.4 Å². The number of ether oxygens (including phenoxy) is 1. The highest BCUT2D eigenvalue weighted by Crippen LogP contribution is 2.30. The van der Waals surface area contributed by atoms with Crippen molar-refractivity contribution in [1.82, 2.24) is 9.88 Å². The Hall–Kier alpha value is -3.93. The standard InChI is InChI=1S/C25H22F3N3O5S/c1-15-20(23-29-10-11-36-23)13-21(22(32)30-14-16-6-8-19(9-7-16)37(2,34)35)24(33)31(15)18-5-3-4-17(12-18)25(26,27)28/h3-9,12-13H,10-11,14H2,1-2H3,(H,30,32). The molecule has 3 aromatic rings. The number of aromatic nitrogens is 1. The number of aliphatic imine (C=N–C) groups is 1. The first kappa shape index (κ1) is 26.1. The van der Waals surface area contributed by atoms with E-state index < -0.39 is 33.0 Å². The molecule has 1 N–H and O–H groups in total. The van der Waals surface area contributed by atoms with Crippen LogP contribution in [0.25, 0.3) is 5.69 Å². The Bertz CT molecular complexity index is 1560. The molecule has 2 aromatic carbocycles. The van der Waals surface area contributed by atoms with Crippen LogP contribution in [0.2, 0.25) is 0 Å². The van der Waals surface area contributed by atoms with Crippen molar-refractivity contribution in [3.05, 3.63) is 92.9 Å². The molecule has 1 aromatic heterocycles. The normalized spacial score (nSPS) is 13.7. The van der Waals surface area contributed by atoms with Gasteiger partial charge in [0, 0.05) is 24.2 Å². The lowest BCUT2D eigenvalue weighted by Gasteiger charge is -2.17. The summed E-state index contributed by atoms with van der Waals surface area (Å²) in [6, 6.07) is 11.4. The number of alkyl halides is 3. The van der Waals surface area contributed by atoms with E-state index in [4.69, 9.17) is 4.74 Å². The first-order valence-corrected chi connectivity index (χ1v) is 12.9. The summed E-state index contributed by atoms with van der Waals surface area (Å²) in [5.41, 5.74) is -0.999. The predicted molar refractivity (Wildman–Crippen MR) is 130 cm³/mol. The molecule has 1 amide bonds. The van der Waals surface area contributed by atoms with E-state index in [1.54, 1.807) is 0 Å². The quantitative estimate of drug-likeness (QED) is 0.524. The summed E-state index contributed by atoms with van der Waals surface area (Å²) in [4.78, 5) is 30.8. The number of nitrogens with one attached hydrogen (secondary N) is 1. The molecule has 0 unspecified atom stereocenters. The molecule has 2 heterocycles. The number of pyridine rings is 1. The number of halogens is 3. The molecule has 37 heavy (non-hydrogen) atoms. The molecule has 0 aliphatic carbocycles. The van der Waals surface area contributed by atoms with Gasteiger partial charge in [-0.1, -0.05) is 18.2 Å². The molecular formula is C25H22F3N3O5S. The topological polar surface area (TPSA) is 107 Å². The van der Waals surface area contributed by atoms with E-state index in [0.717, 1.165) is 23.0 Å². The molecule has 0 saturated heterocycles. The van der Waals surface area contributed by atoms with Crippen LogP contribution in [0, 0.1) is 6.92 Å². The zero-order chi connectivity index (χ0) is 27.0. The average Bonchev–Trinajstić information content (AvgIpc) is 3.37. The maximum Gasteiger partial charge on any atom is 0.416 e. The summed E-state index contributed by atoms with van der Waals surface area (Å²) in [5.74, 6) is -0.582. The van der Waals surface area contributed by atoms with Crippen molar-refractivity contribution in [3.8, 4) is 5.69 Å². The van der Waals surface area contributed by atoms with E-state index >= 15 is 0 Å². The monoisotopic (exact) mass is 533 g/mol. The zero-order valence-corrected chi connectivity index (χ0v) is 20.6. The van der Waals surface area contributed by atoms with Gasteiger partial charge in [-0.2, -0.15) is 13.2 Å². The fourth-order valence-corrected chi connectivity index (χ4v) is 4.48. The molecule has 12 heteroatoms. The molecule has 0 saturated carbocycles. The minimum Gasteiger partial charge on any atom is -0.475 e. The molecule has 8 nitrogen and oxygen atoms in total. The number of amides is 1. The third-order valence-corrected chi connectivity index (χ3v) is 6.87. The van der Waals surface area contributed by atoms with Gasteiger partial charge in [-0.15, -0.1) is 0 Å². The fraction of sp³-hybridized carbons (Fsp3) is 0.240. The van der Waals surface area contributed by atoms with E-state index in [-0.39, 0.29) is 34.3 Å². The molecule has 4 rings (SSSR count). The zero-order valence-electron chi connectivity index (χ0n) is 19.8. The number of nitrogens with zero attached hydrogens (tertiary/aromatic N) is 2. The van der Waals surface area contributed by atoms with Gasteiger partial charge in [0.05, 0.1) is 22.6 Å². The van der Waals surface area contributed by atoms with Crippen molar-refractivity contribution in [2.45, 2.75) is 24.5 Å². The predicted octanol–water partition coefficient (Wildman–Crippen LogP) is 3.28. The molecule has 194 valence electrons. The number of rotatable bonds is 6. The van der Waals surface area contributed by atoms with Crippen LogP contribution in [-0.4, -0.2) is 44.2 Å². The SMILES string of the molecule is Cc1c(C2=NCCO2)cc(C(=O)NCc2ccc(S(C)(=O)=O)cc2)c(=O)n1-c1cccc(C(F)(F)F)c1. The van der Waals surface area contributed by atoms with Crippen molar-refractivity contribution >= 4 is 21.6 Å². The summed E-state index contributed by atoms with van der Waals surface area (Å²) in [6.07, 6.45) is -3.55. The number of carbonyl (C=O) groups excluding carboxylic acids is 1. The Labute approximate surface area is 210 Å². The molecule has 0 spiro atoms. The highest BCUT2D eigenvalue weighted by molar-refractivity contribution is 7.90. The second kappa shape index (κ2) is 9.85. The Morgan fingerprint density at radius 2 is 1.84 bits per heavy atom. The van der Waals surface area contributed by atoms with Gasteiger partial charge in [0.15, 0.2) is 9.84 Å². The summed E-state index contributed by atoms with van der Waals surface area (Å²) in [5, 5.41) is 2.60. The number of hydrogen-bond donors (Lipinski definition) is 1. The van der Waals surface area contributed by atoms with Crippen LogP contribution in [0.3, 0.4) is 0 Å². The third kappa shape index (κ3) is 5.58. The van der Waals surface area contributed by atoms with Crippen LogP contribution < -0.4 is 10.9 Å². The summed E-state index contributed by atoms with van der Waals surface area (Å²) >= 11 is 0. The van der Waals surface area contributed by atoms with Gasteiger partial charge in [-0.05, 0) is 48.9 Å². The largest absolute Gasteiger partial charge is 0.475 e. The first-order chi connectivity index (χ1) is 17.4. The van der Waals surface area contributed by atoms with E-state index in [2.05, 4.69) is 10.3 Å². The van der Waals surface area contributed by atoms with Crippen LogP contribution in [-0.2, 0) is 27.3 Å². The molecular weight excluding hydrogens is 511 g/mol. The Morgan fingerprint density at radius 1 is 1.14 bits per heavy atom. The average molecular weight is 534 g/mol. The van der Waals surface area contributed by atoms with Gasteiger partial charge in [0.25, 0.3) is 11.5 Å². The van der Waals surface area contributed by atoms with E-state index in [9.17, 15) is 31.2 Å². The van der Waals surface area contributed by atoms with E-state index in [0.29, 0.717) is 24.3 Å². The van der Waals surface area contributed by atoms with Crippen LogP contribution in [0.1, 0.15) is 32.7 Å². The smallest absolute Gasteiger partial charge is 0.416 e. The number of sulfone groups is 1. The Balaban J connectivity index is 1.74. The van der Waals surface area contributed by atoms with Crippen molar-refractivity contribution in [2.24, 2.45) is 4.99 Å². The Kier molecular flexibility index (Phi) is 6.96. The number of benzene rings is 2. The molecule has 0 bridgehead atoms. The lowest BCUT2D eigenvalue weighted by molar-refractivity contribution is -0.137.